The molecule has 0 bridgehead atoms. The van der Waals surface area contributed by atoms with E-state index in [2.05, 4.69) is 4.98 Å². The SMILES string of the molecule is CCN(C(=O)C1CC1)c1nc(-c2cc(OC)ccc2OC)cs1. The van der Waals surface area contributed by atoms with Crippen LogP contribution in [0.4, 0.5) is 5.13 Å². The van der Waals surface area contributed by atoms with Gasteiger partial charge in [0.05, 0.1) is 19.9 Å². The molecule has 1 heterocycles. The molecule has 122 valence electrons. The predicted octanol–water partition coefficient (Wildman–Crippen LogP) is 3.59. The van der Waals surface area contributed by atoms with E-state index in [1.807, 2.05) is 30.5 Å². The number of hydrogen-bond acceptors (Lipinski definition) is 5. The largest absolute Gasteiger partial charge is 0.497 e. The van der Waals surface area contributed by atoms with Crippen molar-refractivity contribution >= 4 is 22.4 Å². The summed E-state index contributed by atoms with van der Waals surface area (Å²) in [6, 6.07) is 5.61. The van der Waals surface area contributed by atoms with Crippen molar-refractivity contribution in [1.82, 2.24) is 4.98 Å². The molecule has 2 aromatic rings. The van der Waals surface area contributed by atoms with E-state index >= 15 is 0 Å². The number of aromatic nitrogens is 1. The minimum atomic E-state index is 0.186. The second-order valence-corrected chi connectivity index (χ2v) is 6.27. The zero-order chi connectivity index (χ0) is 16.4. The van der Waals surface area contributed by atoms with Crippen LogP contribution in [0.5, 0.6) is 11.5 Å². The molecule has 0 radical (unpaired) electrons. The first-order chi connectivity index (χ1) is 11.2. The Morgan fingerprint density at radius 3 is 2.74 bits per heavy atom. The predicted molar refractivity (Wildman–Crippen MR) is 91.4 cm³/mol. The van der Waals surface area contributed by atoms with Gasteiger partial charge in [0.2, 0.25) is 5.91 Å². The lowest BCUT2D eigenvalue weighted by Gasteiger charge is -2.17. The molecule has 1 saturated carbocycles. The molecule has 23 heavy (non-hydrogen) atoms. The zero-order valence-corrected chi connectivity index (χ0v) is 14.4. The number of carbonyl (C=O) groups excluding carboxylic acids is 1. The lowest BCUT2D eigenvalue weighted by molar-refractivity contribution is -0.119. The Balaban J connectivity index is 1.93. The summed E-state index contributed by atoms with van der Waals surface area (Å²) in [5, 5.41) is 2.69. The summed E-state index contributed by atoms with van der Waals surface area (Å²) in [7, 11) is 3.26. The summed E-state index contributed by atoms with van der Waals surface area (Å²) in [4.78, 5) is 18.8. The summed E-state index contributed by atoms with van der Waals surface area (Å²) < 4.78 is 10.7. The van der Waals surface area contributed by atoms with Crippen molar-refractivity contribution in [1.29, 1.82) is 0 Å². The normalized spacial score (nSPS) is 13.7. The zero-order valence-electron chi connectivity index (χ0n) is 13.5. The molecule has 1 aliphatic rings. The summed E-state index contributed by atoms with van der Waals surface area (Å²) in [5.74, 6) is 1.86. The molecule has 1 aliphatic carbocycles. The molecule has 0 N–H and O–H groups in total. The third-order valence-electron chi connectivity index (χ3n) is 3.91. The van der Waals surface area contributed by atoms with Crippen molar-refractivity contribution in [2.24, 2.45) is 5.92 Å². The molecule has 6 heteroatoms. The van der Waals surface area contributed by atoms with Gasteiger partial charge in [0, 0.05) is 23.4 Å². The number of methoxy groups -OCH3 is 2. The first-order valence-corrected chi connectivity index (χ1v) is 8.55. The van der Waals surface area contributed by atoms with Gasteiger partial charge in [-0.15, -0.1) is 11.3 Å². The molecule has 1 aromatic heterocycles. The highest BCUT2D eigenvalue weighted by Crippen LogP contribution is 2.37. The Bertz CT molecular complexity index is 710. The summed E-state index contributed by atoms with van der Waals surface area (Å²) in [6.07, 6.45) is 1.99. The third-order valence-corrected chi connectivity index (χ3v) is 4.78. The van der Waals surface area contributed by atoms with Crippen molar-refractivity contribution in [2.45, 2.75) is 19.8 Å². The molecule has 1 amide bonds. The molecule has 3 rings (SSSR count). The van der Waals surface area contributed by atoms with Gasteiger partial charge in [0.25, 0.3) is 0 Å². The molecule has 1 aromatic carbocycles. The lowest BCUT2D eigenvalue weighted by atomic mass is 10.1. The standard InChI is InChI=1S/C17H20N2O3S/c1-4-19(16(20)11-5-6-11)17-18-14(10-23-17)13-9-12(21-2)7-8-15(13)22-3/h7-11H,4-6H2,1-3H3. The monoisotopic (exact) mass is 332 g/mol. The van der Waals surface area contributed by atoms with Gasteiger partial charge >= 0.3 is 0 Å². The van der Waals surface area contributed by atoms with E-state index in [1.165, 1.54) is 11.3 Å². The maximum absolute atomic E-state index is 12.4. The average Bonchev–Trinajstić information content (AvgIpc) is 3.33. The molecular weight excluding hydrogens is 312 g/mol. The van der Waals surface area contributed by atoms with Crippen molar-refractivity contribution in [3.63, 3.8) is 0 Å². The van der Waals surface area contributed by atoms with Crippen LogP contribution < -0.4 is 14.4 Å². The second-order valence-electron chi connectivity index (χ2n) is 5.44. The Hall–Kier alpha value is -2.08. The van der Waals surface area contributed by atoms with Crippen LogP contribution in [0.2, 0.25) is 0 Å². The van der Waals surface area contributed by atoms with E-state index in [-0.39, 0.29) is 11.8 Å². The number of hydrogen-bond donors (Lipinski definition) is 0. The van der Waals surface area contributed by atoms with E-state index in [1.54, 1.807) is 19.1 Å². The highest BCUT2D eigenvalue weighted by Gasteiger charge is 2.34. The Labute approximate surface area is 139 Å². The maximum atomic E-state index is 12.4. The van der Waals surface area contributed by atoms with Gasteiger partial charge in [0.15, 0.2) is 5.13 Å². The van der Waals surface area contributed by atoms with Gasteiger partial charge in [-0.2, -0.15) is 0 Å². The van der Waals surface area contributed by atoms with Crippen LogP contribution in [0.15, 0.2) is 23.6 Å². The van der Waals surface area contributed by atoms with E-state index in [0.29, 0.717) is 6.54 Å². The van der Waals surface area contributed by atoms with Gasteiger partial charge in [-0.25, -0.2) is 4.98 Å². The molecule has 0 aliphatic heterocycles. The minimum Gasteiger partial charge on any atom is -0.497 e. The second kappa shape index (κ2) is 6.58. The highest BCUT2D eigenvalue weighted by atomic mass is 32.1. The fraction of sp³-hybridized carbons (Fsp3) is 0.412. The molecule has 0 unspecified atom stereocenters. The number of amides is 1. The van der Waals surface area contributed by atoms with Crippen LogP contribution in [-0.2, 0) is 4.79 Å². The summed E-state index contributed by atoms with van der Waals surface area (Å²) in [5.41, 5.74) is 1.66. The average molecular weight is 332 g/mol. The number of benzene rings is 1. The van der Waals surface area contributed by atoms with Gasteiger partial charge in [-0.3, -0.25) is 9.69 Å². The van der Waals surface area contributed by atoms with E-state index in [4.69, 9.17) is 9.47 Å². The third kappa shape index (κ3) is 3.17. The van der Waals surface area contributed by atoms with Crippen LogP contribution in [0.25, 0.3) is 11.3 Å². The first-order valence-electron chi connectivity index (χ1n) is 7.67. The Kier molecular flexibility index (Phi) is 4.52. The fourth-order valence-electron chi connectivity index (χ4n) is 2.46. The van der Waals surface area contributed by atoms with Gasteiger partial charge in [-0.1, -0.05) is 0 Å². The fourth-order valence-corrected chi connectivity index (χ4v) is 3.36. The number of nitrogens with zero attached hydrogens (tertiary/aromatic N) is 2. The first kappa shape index (κ1) is 15.8. The Morgan fingerprint density at radius 2 is 2.13 bits per heavy atom. The van der Waals surface area contributed by atoms with Crippen LogP contribution in [0.1, 0.15) is 19.8 Å². The number of thiazole rings is 1. The van der Waals surface area contributed by atoms with Crippen molar-refractivity contribution in [3.05, 3.63) is 23.6 Å². The topological polar surface area (TPSA) is 51.7 Å². The van der Waals surface area contributed by atoms with Crippen LogP contribution in [-0.4, -0.2) is 31.7 Å². The number of anilines is 1. The van der Waals surface area contributed by atoms with E-state index in [9.17, 15) is 4.79 Å². The van der Waals surface area contributed by atoms with Crippen molar-refractivity contribution in [3.8, 4) is 22.8 Å². The number of carbonyl (C=O) groups is 1. The highest BCUT2D eigenvalue weighted by molar-refractivity contribution is 7.14. The molecule has 0 saturated heterocycles. The Morgan fingerprint density at radius 1 is 1.35 bits per heavy atom. The molecule has 0 atom stereocenters. The minimum absolute atomic E-state index is 0.186. The molecule has 1 fully saturated rings. The quantitative estimate of drug-likeness (QED) is 0.811. The van der Waals surface area contributed by atoms with Gasteiger partial charge in [-0.05, 0) is 38.0 Å². The number of rotatable bonds is 6. The summed E-state index contributed by atoms with van der Waals surface area (Å²) >= 11 is 1.48. The maximum Gasteiger partial charge on any atom is 0.231 e. The summed E-state index contributed by atoms with van der Waals surface area (Å²) in [6.45, 7) is 2.62. The molecule has 5 nitrogen and oxygen atoms in total. The molecular formula is C17H20N2O3S. The van der Waals surface area contributed by atoms with E-state index < -0.39 is 0 Å². The van der Waals surface area contributed by atoms with Gasteiger partial charge < -0.3 is 9.47 Å². The molecule has 0 spiro atoms. The number of ether oxygens (including phenoxy) is 2. The van der Waals surface area contributed by atoms with Crippen molar-refractivity contribution in [2.75, 3.05) is 25.7 Å². The van der Waals surface area contributed by atoms with Crippen LogP contribution in [0, 0.1) is 5.92 Å². The van der Waals surface area contributed by atoms with Crippen LogP contribution in [0.3, 0.4) is 0 Å². The van der Waals surface area contributed by atoms with Gasteiger partial charge in [0.1, 0.15) is 11.5 Å². The van der Waals surface area contributed by atoms with Crippen molar-refractivity contribution < 1.29 is 14.3 Å². The smallest absolute Gasteiger partial charge is 0.231 e. The van der Waals surface area contributed by atoms with E-state index in [0.717, 1.165) is 40.7 Å². The lowest BCUT2D eigenvalue weighted by Crippen LogP contribution is -2.31. The van der Waals surface area contributed by atoms with Crippen LogP contribution >= 0.6 is 11.3 Å².